The first kappa shape index (κ1) is 35.0. The minimum Gasteiger partial charge on any atom is -0.472 e. The van der Waals surface area contributed by atoms with Crippen LogP contribution in [0.3, 0.4) is 0 Å². The molecule has 5 aliphatic rings. The zero-order valence-electron chi connectivity index (χ0n) is 28.6. The van der Waals surface area contributed by atoms with Crippen LogP contribution in [0.5, 0.6) is 5.88 Å². The molecular formula is C37H45N5O8S. The number of rotatable bonds is 7. The van der Waals surface area contributed by atoms with Gasteiger partial charge in [-0.15, -0.1) is 6.58 Å². The average molecular weight is 720 g/mol. The molecule has 2 aliphatic heterocycles. The van der Waals surface area contributed by atoms with E-state index in [0.717, 1.165) is 48.4 Å². The summed E-state index contributed by atoms with van der Waals surface area (Å²) < 4.78 is 39.6. The monoisotopic (exact) mass is 719 g/mol. The first-order chi connectivity index (χ1) is 24.6. The van der Waals surface area contributed by atoms with E-state index in [1.807, 2.05) is 36.4 Å². The van der Waals surface area contributed by atoms with Crippen molar-refractivity contribution in [2.75, 3.05) is 13.2 Å². The normalized spacial score (nSPS) is 28.9. The SMILES string of the molecule is C=C[C@@H]1C[C@]1(NC(=O)[C@@H]1C[C@@H]2CN1C(=O)[C@H](C1CCCCC1)NC(=O)OCCCC=Cc1ccc3ccnc(c3c1)O2)C(=O)NS(=O)(=O)C1CC1. The molecule has 0 radical (unpaired) electrons. The molecule has 1 aromatic heterocycles. The Morgan fingerprint density at radius 2 is 1.88 bits per heavy atom. The quantitative estimate of drug-likeness (QED) is 0.361. The van der Waals surface area contributed by atoms with Crippen molar-refractivity contribution in [3.63, 3.8) is 0 Å². The molecule has 51 heavy (non-hydrogen) atoms. The topological polar surface area (TPSA) is 173 Å². The standard InChI is InChI=1S/C37H45N5O8S/c1-2-26-21-37(26,35(45)41-51(47,48)28-14-15-28)40-32(43)30-20-27-22-42(30)34(44)31(25-10-6-3-7-11-25)39-36(46)49-18-8-4-5-9-23-12-13-24-16-17-38-33(50-27)29(24)19-23/h2,5,9,12-13,16-17,19,25-28,30-31H,1,3-4,6-8,10-11,14-15,18,20-22H2,(H,39,46)(H,40,43)(H,41,45)/t26-,27-,30+,31+,37-/m1/s1. The number of benzene rings is 1. The molecule has 0 unspecified atom stereocenters. The van der Waals surface area contributed by atoms with Crippen molar-refractivity contribution in [2.24, 2.45) is 11.8 Å². The number of aromatic nitrogens is 1. The molecule has 2 aromatic rings. The largest absolute Gasteiger partial charge is 0.472 e. The maximum atomic E-state index is 14.6. The fraction of sp³-hybridized carbons (Fsp3) is 0.541. The second kappa shape index (κ2) is 14.3. The van der Waals surface area contributed by atoms with E-state index in [1.54, 1.807) is 6.20 Å². The predicted molar refractivity (Wildman–Crippen MR) is 189 cm³/mol. The summed E-state index contributed by atoms with van der Waals surface area (Å²) >= 11 is 0. The third kappa shape index (κ3) is 7.46. The van der Waals surface area contributed by atoms with Gasteiger partial charge in [0.05, 0.1) is 18.4 Å². The van der Waals surface area contributed by atoms with Gasteiger partial charge in [0.25, 0.3) is 5.91 Å². The second-order valence-corrected chi connectivity index (χ2v) is 16.4. The molecule has 14 heteroatoms. The number of cyclic esters (lactones) is 1. The number of alkyl carbamates (subject to hydrolysis) is 1. The number of hydrogen-bond donors (Lipinski definition) is 3. The summed E-state index contributed by atoms with van der Waals surface area (Å²) in [5, 5.41) is 6.74. The van der Waals surface area contributed by atoms with Gasteiger partial charge in [-0.05, 0) is 73.9 Å². The zero-order chi connectivity index (χ0) is 35.8. The first-order valence-electron chi connectivity index (χ1n) is 18.0. The van der Waals surface area contributed by atoms with E-state index >= 15 is 0 Å². The number of carbonyl (C=O) groups is 4. The molecule has 4 amide bonds. The van der Waals surface area contributed by atoms with E-state index in [1.165, 1.54) is 11.0 Å². The number of nitrogens with one attached hydrogen (secondary N) is 3. The Labute approximate surface area is 297 Å². The minimum absolute atomic E-state index is 0.0225. The summed E-state index contributed by atoms with van der Waals surface area (Å²) in [6.45, 7) is 3.98. The smallest absolute Gasteiger partial charge is 0.407 e. The van der Waals surface area contributed by atoms with Gasteiger partial charge in [0, 0.05) is 23.9 Å². The third-order valence-corrected chi connectivity index (χ3v) is 12.7. The number of amides is 4. The molecule has 7 rings (SSSR count). The summed E-state index contributed by atoms with van der Waals surface area (Å²) in [7, 11) is -3.88. The van der Waals surface area contributed by atoms with Crippen LogP contribution >= 0.6 is 0 Å². The van der Waals surface area contributed by atoms with Crippen LogP contribution in [0.4, 0.5) is 4.79 Å². The molecule has 13 nitrogen and oxygen atoms in total. The van der Waals surface area contributed by atoms with Gasteiger partial charge in [-0.25, -0.2) is 18.2 Å². The highest BCUT2D eigenvalue weighted by Gasteiger charge is 2.62. The van der Waals surface area contributed by atoms with E-state index < -0.39 is 68.7 Å². The number of sulfonamides is 1. The van der Waals surface area contributed by atoms with Gasteiger partial charge in [-0.1, -0.05) is 49.6 Å². The van der Waals surface area contributed by atoms with Crippen LogP contribution in [-0.2, 0) is 29.1 Å². The number of allylic oxidation sites excluding steroid dienone is 1. The van der Waals surface area contributed by atoms with Crippen LogP contribution in [0.1, 0.15) is 76.2 Å². The van der Waals surface area contributed by atoms with Crippen molar-refractivity contribution < 1.29 is 37.1 Å². The van der Waals surface area contributed by atoms with Crippen molar-refractivity contribution in [2.45, 2.75) is 99.6 Å². The summed E-state index contributed by atoms with van der Waals surface area (Å²) in [4.78, 5) is 61.4. The van der Waals surface area contributed by atoms with Gasteiger partial charge in [-0.3, -0.25) is 19.1 Å². The van der Waals surface area contributed by atoms with E-state index in [-0.39, 0.29) is 31.9 Å². The Kier molecular flexibility index (Phi) is 9.79. The van der Waals surface area contributed by atoms with Crippen LogP contribution in [-0.4, -0.2) is 84.2 Å². The van der Waals surface area contributed by atoms with Crippen molar-refractivity contribution >= 4 is 50.7 Å². The lowest BCUT2D eigenvalue weighted by molar-refractivity contribution is -0.142. The van der Waals surface area contributed by atoms with Crippen molar-refractivity contribution in [3.05, 3.63) is 54.8 Å². The van der Waals surface area contributed by atoms with Gasteiger partial charge in [0.1, 0.15) is 23.7 Å². The Bertz CT molecular complexity index is 1860. The van der Waals surface area contributed by atoms with Crippen molar-refractivity contribution in [1.29, 1.82) is 0 Å². The van der Waals surface area contributed by atoms with Crippen molar-refractivity contribution in [3.8, 4) is 5.88 Å². The first-order valence-corrected chi connectivity index (χ1v) is 19.6. The Morgan fingerprint density at radius 1 is 1.08 bits per heavy atom. The van der Waals surface area contributed by atoms with E-state index in [0.29, 0.717) is 31.6 Å². The van der Waals surface area contributed by atoms with Crippen LogP contribution < -0.4 is 20.1 Å². The third-order valence-electron chi connectivity index (χ3n) is 10.8. The Hall–Kier alpha value is -4.46. The lowest BCUT2D eigenvalue weighted by atomic mass is 9.83. The summed E-state index contributed by atoms with van der Waals surface area (Å²) in [6.07, 6.45) is 12.6. The van der Waals surface area contributed by atoms with E-state index in [2.05, 4.69) is 26.9 Å². The van der Waals surface area contributed by atoms with Gasteiger partial charge in [-0.2, -0.15) is 0 Å². The second-order valence-electron chi connectivity index (χ2n) is 14.5. The summed E-state index contributed by atoms with van der Waals surface area (Å²) in [5.74, 6) is -2.16. The molecule has 1 saturated heterocycles. The maximum absolute atomic E-state index is 14.6. The van der Waals surface area contributed by atoms with E-state index in [4.69, 9.17) is 9.47 Å². The molecular weight excluding hydrogens is 675 g/mol. The molecule has 0 spiro atoms. The van der Waals surface area contributed by atoms with Crippen LogP contribution in [0.2, 0.25) is 0 Å². The zero-order valence-corrected chi connectivity index (χ0v) is 29.4. The predicted octanol–water partition coefficient (Wildman–Crippen LogP) is 3.73. The number of pyridine rings is 1. The van der Waals surface area contributed by atoms with Gasteiger partial charge < -0.3 is 25.0 Å². The summed E-state index contributed by atoms with van der Waals surface area (Å²) in [6, 6.07) is 5.80. The molecule has 3 heterocycles. The molecule has 4 bridgehead atoms. The highest BCUT2D eigenvalue weighted by Crippen LogP contribution is 2.45. The molecule has 1 aromatic carbocycles. The van der Waals surface area contributed by atoms with E-state index in [9.17, 15) is 27.6 Å². The molecule has 3 N–H and O–H groups in total. The fourth-order valence-corrected chi connectivity index (χ4v) is 9.05. The molecule has 5 atom stereocenters. The molecule has 272 valence electrons. The maximum Gasteiger partial charge on any atom is 0.407 e. The highest BCUT2D eigenvalue weighted by atomic mass is 32.2. The number of ether oxygens (including phenoxy) is 2. The van der Waals surface area contributed by atoms with Gasteiger partial charge in [0.15, 0.2) is 0 Å². The van der Waals surface area contributed by atoms with Crippen molar-refractivity contribution in [1.82, 2.24) is 25.2 Å². The number of nitrogens with zero attached hydrogens (tertiary/aromatic N) is 2. The molecule has 3 aliphatic carbocycles. The minimum atomic E-state index is -3.88. The lowest BCUT2D eigenvalue weighted by Crippen LogP contribution is -2.59. The highest BCUT2D eigenvalue weighted by molar-refractivity contribution is 7.91. The average Bonchev–Trinajstić information content (AvgIpc) is 4.05. The number of hydrogen-bond acceptors (Lipinski definition) is 9. The van der Waals surface area contributed by atoms with Crippen LogP contribution in [0, 0.1) is 11.8 Å². The molecule has 4 fully saturated rings. The van der Waals surface area contributed by atoms with Gasteiger partial charge in [0.2, 0.25) is 27.7 Å². The fourth-order valence-electron chi connectivity index (χ4n) is 7.69. The Balaban J connectivity index is 1.21. The Morgan fingerprint density at radius 3 is 2.63 bits per heavy atom. The van der Waals surface area contributed by atoms with Crippen LogP contribution in [0.15, 0.2) is 49.2 Å². The molecule has 3 saturated carbocycles. The van der Waals surface area contributed by atoms with Gasteiger partial charge >= 0.3 is 6.09 Å². The van der Waals surface area contributed by atoms with Crippen LogP contribution in [0.25, 0.3) is 16.8 Å². The summed E-state index contributed by atoms with van der Waals surface area (Å²) in [5.41, 5.74) is -0.587. The number of carbonyl (C=O) groups excluding carboxylic acids is 4. The lowest BCUT2D eigenvalue weighted by Gasteiger charge is -2.34. The number of fused-ring (bicyclic) bond motifs is 3.